The number of thioether (sulfide) groups is 1. The Labute approximate surface area is 276 Å². The minimum atomic E-state index is -0.911. The van der Waals surface area contributed by atoms with Crippen LogP contribution in [0.1, 0.15) is 86.6 Å². The lowest BCUT2D eigenvalue weighted by atomic mass is 9.90. The average Bonchev–Trinajstić information content (AvgIpc) is 3.74. The lowest BCUT2D eigenvalue weighted by Crippen LogP contribution is -2.18. The summed E-state index contributed by atoms with van der Waals surface area (Å²) in [5, 5.41) is 22.1. The molecule has 7 heteroatoms. The van der Waals surface area contributed by atoms with Crippen molar-refractivity contribution in [2.75, 3.05) is 5.75 Å². The second-order valence-electron chi connectivity index (χ2n) is 12.9. The molecule has 0 unspecified atom stereocenters. The molecular weight excluding hydrogens is 600 g/mol. The molecule has 3 aromatic carbocycles. The number of aryl methyl sites for hydroxylation is 1. The Morgan fingerprint density at radius 3 is 2.44 bits per heavy atom. The quantitative estimate of drug-likeness (QED) is 0.142. The van der Waals surface area contributed by atoms with Gasteiger partial charge in [0.15, 0.2) is 0 Å². The molecular formula is C38H45ClN2O3S. The van der Waals surface area contributed by atoms with Gasteiger partial charge in [-0.05, 0) is 97.5 Å². The van der Waals surface area contributed by atoms with Crippen LogP contribution in [0.2, 0.25) is 5.02 Å². The van der Waals surface area contributed by atoms with Crippen LogP contribution >= 0.6 is 23.4 Å². The van der Waals surface area contributed by atoms with Crippen molar-refractivity contribution in [1.29, 1.82) is 0 Å². The summed E-state index contributed by atoms with van der Waals surface area (Å²) in [5.41, 5.74) is 10.3. The molecule has 5 rings (SSSR count). The zero-order chi connectivity index (χ0) is 32.6. The van der Waals surface area contributed by atoms with Crippen LogP contribution in [0.15, 0.2) is 78.9 Å². The van der Waals surface area contributed by atoms with Gasteiger partial charge in [-0.15, -0.1) is 0 Å². The largest absolute Gasteiger partial charge is 0.481 e. The summed E-state index contributed by atoms with van der Waals surface area (Å²) < 4.78 is 0. The summed E-state index contributed by atoms with van der Waals surface area (Å²) in [5.74, 6) is 0.122. The lowest BCUT2D eigenvalue weighted by molar-refractivity contribution is -0.138. The molecule has 1 atom stereocenters. The first-order valence-corrected chi connectivity index (χ1v) is 17.0. The fourth-order valence-electron chi connectivity index (χ4n) is 5.36. The highest BCUT2D eigenvalue weighted by molar-refractivity contribution is 7.99. The maximum Gasteiger partial charge on any atom is 0.303 e. The Bertz CT molecular complexity index is 1620. The van der Waals surface area contributed by atoms with Crippen LogP contribution in [0, 0.1) is 5.41 Å². The first-order chi connectivity index (χ1) is 21.3. The van der Waals surface area contributed by atoms with Gasteiger partial charge in [-0.2, -0.15) is 11.8 Å². The van der Waals surface area contributed by atoms with Crippen LogP contribution < -0.4 is 5.73 Å². The predicted molar refractivity (Wildman–Crippen MR) is 191 cm³/mol. The van der Waals surface area contributed by atoms with Crippen LogP contribution in [0.5, 0.6) is 0 Å². The number of hydrogen-bond acceptors (Lipinski definition) is 5. The number of carboxylic acid groups (broad SMARTS) is 1. The standard InChI is InChI=1S/C35H36ClNO3S.C3H9N/c1-34(2,40)30-9-4-3-7-25(30)13-17-32(41-23-35(18-19-35)22-33(38)39)27-8-5-6-24(20-27)10-15-29-16-12-26-11-14-28(36)21-31(26)37-29;1-3(2)4/h3-12,14-16,20-21,32,40H,13,17-19,22-23H2,1-2H3,(H,38,39);3H,4H2,1-2H3/b15-10+;/t32-;/m1./s1. The lowest BCUT2D eigenvalue weighted by Gasteiger charge is -2.24. The molecule has 1 aliphatic carbocycles. The summed E-state index contributed by atoms with van der Waals surface area (Å²) in [6, 6.07) is 26.8. The number of hydrogen-bond donors (Lipinski definition) is 3. The Morgan fingerprint density at radius 2 is 1.76 bits per heavy atom. The molecule has 1 saturated carbocycles. The number of aliphatic hydroxyl groups is 1. The Balaban J connectivity index is 0.00000109. The van der Waals surface area contributed by atoms with Gasteiger partial charge in [0.1, 0.15) is 0 Å². The second kappa shape index (κ2) is 15.4. The fraction of sp³-hybridized carbons (Fsp3) is 0.368. The van der Waals surface area contributed by atoms with Crippen molar-refractivity contribution in [3.63, 3.8) is 0 Å². The van der Waals surface area contributed by atoms with Gasteiger partial charge < -0.3 is 15.9 Å². The van der Waals surface area contributed by atoms with E-state index < -0.39 is 11.6 Å². The smallest absolute Gasteiger partial charge is 0.303 e. The molecule has 4 N–H and O–H groups in total. The Morgan fingerprint density at radius 1 is 1.04 bits per heavy atom. The Hall–Kier alpha value is -3.16. The number of carboxylic acids is 1. The van der Waals surface area contributed by atoms with E-state index >= 15 is 0 Å². The Kier molecular flexibility index (Phi) is 11.9. The molecule has 0 amide bonds. The van der Waals surface area contributed by atoms with Gasteiger partial charge in [-0.25, -0.2) is 4.98 Å². The SMILES string of the molecule is CC(C)(O)c1ccccc1CC[C@@H](SCC1(CC(=O)O)CC1)c1cccc(/C=C/c2ccc3ccc(Cl)cc3n2)c1.CC(C)N. The molecule has 1 fully saturated rings. The van der Waals surface area contributed by atoms with E-state index in [1.54, 1.807) is 0 Å². The predicted octanol–water partition coefficient (Wildman–Crippen LogP) is 9.30. The number of halogens is 1. The van der Waals surface area contributed by atoms with Crippen molar-refractivity contribution in [3.05, 3.63) is 112 Å². The number of aromatic nitrogens is 1. The van der Waals surface area contributed by atoms with E-state index in [-0.39, 0.29) is 17.1 Å². The highest BCUT2D eigenvalue weighted by Gasteiger charge is 2.44. The minimum absolute atomic E-state index is 0.0814. The highest BCUT2D eigenvalue weighted by atomic mass is 35.5. The first kappa shape index (κ1) is 34.7. The van der Waals surface area contributed by atoms with E-state index in [4.69, 9.17) is 22.3 Å². The van der Waals surface area contributed by atoms with Crippen LogP contribution in [0.4, 0.5) is 0 Å². The normalized spacial score (nSPS) is 14.8. The van der Waals surface area contributed by atoms with E-state index in [2.05, 4.69) is 42.5 Å². The van der Waals surface area contributed by atoms with Gasteiger partial charge in [0.2, 0.25) is 0 Å². The van der Waals surface area contributed by atoms with E-state index in [9.17, 15) is 15.0 Å². The fourth-order valence-corrected chi connectivity index (χ4v) is 7.09. The molecule has 1 aliphatic rings. The molecule has 5 nitrogen and oxygen atoms in total. The van der Waals surface area contributed by atoms with Crippen LogP contribution in [-0.4, -0.2) is 33.0 Å². The molecule has 0 aliphatic heterocycles. The molecule has 0 saturated heterocycles. The van der Waals surface area contributed by atoms with Crippen molar-refractivity contribution < 1.29 is 15.0 Å². The summed E-state index contributed by atoms with van der Waals surface area (Å²) in [4.78, 5) is 16.2. The first-order valence-electron chi connectivity index (χ1n) is 15.6. The van der Waals surface area contributed by atoms with Crippen molar-refractivity contribution in [3.8, 4) is 0 Å². The van der Waals surface area contributed by atoms with Crippen LogP contribution in [-0.2, 0) is 16.8 Å². The maximum absolute atomic E-state index is 11.5. The van der Waals surface area contributed by atoms with Crippen LogP contribution in [0.25, 0.3) is 23.1 Å². The van der Waals surface area contributed by atoms with Gasteiger partial charge in [0.05, 0.1) is 23.2 Å². The van der Waals surface area contributed by atoms with Gasteiger partial charge in [-0.3, -0.25) is 4.79 Å². The molecule has 0 spiro atoms. The van der Waals surface area contributed by atoms with E-state index in [1.807, 2.05) is 88.0 Å². The summed E-state index contributed by atoms with van der Waals surface area (Å²) in [7, 11) is 0. The minimum Gasteiger partial charge on any atom is -0.481 e. The zero-order valence-electron chi connectivity index (χ0n) is 26.7. The number of fused-ring (bicyclic) bond motifs is 1. The van der Waals surface area contributed by atoms with Crippen molar-refractivity contribution >= 4 is 52.4 Å². The van der Waals surface area contributed by atoms with E-state index in [1.165, 1.54) is 5.56 Å². The van der Waals surface area contributed by atoms with E-state index in [0.717, 1.165) is 64.7 Å². The topological polar surface area (TPSA) is 96.4 Å². The van der Waals surface area contributed by atoms with Gasteiger partial charge in [0, 0.05) is 21.4 Å². The van der Waals surface area contributed by atoms with Crippen molar-refractivity contribution in [2.24, 2.45) is 11.1 Å². The highest BCUT2D eigenvalue weighted by Crippen LogP contribution is 2.53. The average molecular weight is 645 g/mol. The van der Waals surface area contributed by atoms with Gasteiger partial charge in [-0.1, -0.05) is 92.2 Å². The number of pyridine rings is 1. The number of nitrogens with zero attached hydrogens (tertiary/aromatic N) is 1. The van der Waals surface area contributed by atoms with Gasteiger partial charge >= 0.3 is 5.97 Å². The zero-order valence-corrected chi connectivity index (χ0v) is 28.2. The molecule has 45 heavy (non-hydrogen) atoms. The number of nitrogens with two attached hydrogens (primary N) is 1. The van der Waals surface area contributed by atoms with Gasteiger partial charge in [0.25, 0.3) is 0 Å². The number of rotatable bonds is 12. The third-order valence-corrected chi connectivity index (χ3v) is 9.76. The van der Waals surface area contributed by atoms with E-state index in [0.29, 0.717) is 11.1 Å². The monoisotopic (exact) mass is 644 g/mol. The third kappa shape index (κ3) is 10.7. The summed E-state index contributed by atoms with van der Waals surface area (Å²) >= 11 is 8.04. The second-order valence-corrected chi connectivity index (χ2v) is 14.6. The molecule has 238 valence electrons. The summed E-state index contributed by atoms with van der Waals surface area (Å²) in [6.07, 6.45) is 8.02. The van der Waals surface area contributed by atoms with Crippen LogP contribution in [0.3, 0.4) is 0 Å². The van der Waals surface area contributed by atoms with Crippen molar-refractivity contribution in [1.82, 2.24) is 4.98 Å². The molecule has 4 aromatic rings. The summed E-state index contributed by atoms with van der Waals surface area (Å²) in [6.45, 7) is 7.55. The number of aliphatic carboxylic acids is 1. The number of benzene rings is 3. The van der Waals surface area contributed by atoms with Crippen molar-refractivity contribution in [2.45, 2.75) is 76.7 Å². The third-order valence-electron chi connectivity index (χ3n) is 7.83. The molecule has 1 heterocycles. The molecule has 0 bridgehead atoms. The maximum atomic E-state index is 11.5. The molecule has 1 aromatic heterocycles. The number of carbonyl (C=O) groups is 1. The molecule has 0 radical (unpaired) electrons.